The minimum atomic E-state index is -0.239. The van der Waals surface area contributed by atoms with Gasteiger partial charge in [-0.2, -0.15) is 0 Å². The lowest BCUT2D eigenvalue weighted by atomic mass is 9.86. The predicted octanol–water partition coefficient (Wildman–Crippen LogP) is 5.07. The second kappa shape index (κ2) is 9.32. The number of amides is 1. The van der Waals surface area contributed by atoms with Crippen LogP contribution in [0.2, 0.25) is 0 Å². The van der Waals surface area contributed by atoms with Gasteiger partial charge in [-0.25, -0.2) is 9.97 Å². The van der Waals surface area contributed by atoms with Crippen LogP contribution < -0.4 is 10.6 Å². The molecule has 3 rings (SSSR count). The number of anilines is 2. The summed E-state index contributed by atoms with van der Waals surface area (Å²) in [6, 6.07) is 19.8. The van der Waals surface area contributed by atoms with Crippen LogP contribution in [0.3, 0.4) is 0 Å². The van der Waals surface area contributed by atoms with Crippen LogP contribution in [0.4, 0.5) is 11.6 Å². The minimum absolute atomic E-state index is 0.0684. The number of nitrogens with one attached hydrogen (secondary N) is 2. The van der Waals surface area contributed by atoms with Gasteiger partial charge in [0.15, 0.2) is 0 Å². The van der Waals surface area contributed by atoms with Crippen LogP contribution in [0.25, 0.3) is 0 Å². The quantitative estimate of drug-likeness (QED) is 0.555. The van der Waals surface area contributed by atoms with Crippen molar-refractivity contribution in [3.8, 4) is 0 Å². The van der Waals surface area contributed by atoms with Crippen LogP contribution >= 0.6 is 0 Å². The summed E-state index contributed by atoms with van der Waals surface area (Å²) >= 11 is 0. The molecule has 0 saturated heterocycles. The van der Waals surface area contributed by atoms with Crippen LogP contribution in [0.5, 0.6) is 0 Å². The smallest absolute Gasteiger partial charge is 0.274 e. The number of aryl methyl sites for hydroxylation is 1. The van der Waals surface area contributed by atoms with Crippen molar-refractivity contribution in [2.75, 3.05) is 17.2 Å². The Bertz CT molecular complexity index is 948. The lowest BCUT2D eigenvalue weighted by Gasteiger charge is -2.22. The lowest BCUT2D eigenvalue weighted by molar-refractivity contribution is 0.102. The molecule has 1 aromatic heterocycles. The molecule has 5 heteroatoms. The average Bonchev–Trinajstić information content (AvgIpc) is 2.72. The Morgan fingerprint density at radius 3 is 2.45 bits per heavy atom. The fourth-order valence-electron chi connectivity index (χ4n) is 3.14. The highest BCUT2D eigenvalue weighted by atomic mass is 16.1. The van der Waals surface area contributed by atoms with Crippen LogP contribution in [0.1, 0.15) is 48.8 Å². The number of carbonyl (C=O) groups is 1. The first-order valence-corrected chi connectivity index (χ1v) is 9.95. The predicted molar refractivity (Wildman–Crippen MR) is 118 cm³/mol. The highest BCUT2D eigenvalue weighted by Crippen LogP contribution is 2.29. The lowest BCUT2D eigenvalue weighted by Crippen LogP contribution is -2.20. The molecule has 0 atom stereocenters. The number of hydrogen-bond acceptors (Lipinski definition) is 4. The maximum Gasteiger partial charge on any atom is 0.274 e. The van der Waals surface area contributed by atoms with Crippen molar-refractivity contribution in [1.82, 2.24) is 9.97 Å². The first kappa shape index (κ1) is 20.5. The topological polar surface area (TPSA) is 66.9 Å². The Hall–Kier alpha value is -3.21. The highest BCUT2D eigenvalue weighted by Gasteiger charge is 2.19. The summed E-state index contributed by atoms with van der Waals surface area (Å²) in [7, 11) is 0. The molecule has 2 aromatic carbocycles. The van der Waals surface area contributed by atoms with E-state index < -0.39 is 0 Å². The summed E-state index contributed by atoms with van der Waals surface area (Å²) in [5.41, 5.74) is 3.47. The van der Waals surface area contributed by atoms with E-state index >= 15 is 0 Å². The Balaban J connectivity index is 1.60. The molecule has 0 spiro atoms. The number of hydrogen-bond donors (Lipinski definition) is 2. The van der Waals surface area contributed by atoms with Crippen molar-refractivity contribution >= 4 is 17.5 Å². The molecular formula is C24H28N4O. The van der Waals surface area contributed by atoms with Crippen LogP contribution in [0.15, 0.2) is 66.9 Å². The number of para-hydroxylation sites is 1. The van der Waals surface area contributed by atoms with E-state index in [1.54, 1.807) is 12.3 Å². The normalized spacial score (nSPS) is 11.1. The molecule has 0 aliphatic heterocycles. The van der Waals surface area contributed by atoms with Gasteiger partial charge in [-0.15, -0.1) is 0 Å². The van der Waals surface area contributed by atoms with E-state index in [1.165, 1.54) is 5.56 Å². The van der Waals surface area contributed by atoms with Crippen LogP contribution in [0, 0.1) is 0 Å². The third-order valence-electron chi connectivity index (χ3n) is 4.64. The van der Waals surface area contributed by atoms with Gasteiger partial charge in [0.1, 0.15) is 5.69 Å². The molecule has 0 fully saturated rings. The molecule has 0 bridgehead atoms. The molecular weight excluding hydrogens is 360 g/mol. The van der Waals surface area contributed by atoms with Crippen molar-refractivity contribution in [1.29, 1.82) is 0 Å². The largest absolute Gasteiger partial charge is 0.354 e. The molecule has 0 aliphatic rings. The zero-order valence-corrected chi connectivity index (χ0v) is 17.3. The maximum absolute atomic E-state index is 12.7. The monoisotopic (exact) mass is 388 g/mol. The molecule has 0 saturated carbocycles. The second-order valence-corrected chi connectivity index (χ2v) is 8.03. The number of rotatable bonds is 7. The summed E-state index contributed by atoms with van der Waals surface area (Å²) in [5, 5.41) is 6.20. The van der Waals surface area contributed by atoms with E-state index in [1.807, 2.05) is 42.5 Å². The van der Waals surface area contributed by atoms with Gasteiger partial charge in [0.2, 0.25) is 5.95 Å². The van der Waals surface area contributed by atoms with E-state index in [9.17, 15) is 4.79 Å². The average molecular weight is 389 g/mol. The summed E-state index contributed by atoms with van der Waals surface area (Å²) in [5.74, 6) is 0.228. The zero-order chi connectivity index (χ0) is 20.7. The molecule has 1 amide bonds. The van der Waals surface area contributed by atoms with Crippen molar-refractivity contribution in [3.05, 3.63) is 83.7 Å². The summed E-state index contributed by atoms with van der Waals surface area (Å²) in [4.78, 5) is 21.3. The summed E-state index contributed by atoms with van der Waals surface area (Å²) in [6.07, 6.45) is 3.55. The molecule has 1 heterocycles. The van der Waals surface area contributed by atoms with E-state index in [2.05, 4.69) is 53.5 Å². The van der Waals surface area contributed by atoms with Gasteiger partial charge in [-0.1, -0.05) is 69.3 Å². The van der Waals surface area contributed by atoms with Gasteiger partial charge in [-0.05, 0) is 41.5 Å². The van der Waals surface area contributed by atoms with Crippen LogP contribution in [-0.4, -0.2) is 22.4 Å². The Labute approximate surface area is 172 Å². The summed E-state index contributed by atoms with van der Waals surface area (Å²) < 4.78 is 0. The Morgan fingerprint density at radius 1 is 0.966 bits per heavy atom. The SMILES string of the molecule is CC(C)(C)c1ccccc1NC(=O)c1ccnc(NCCCc2ccccc2)n1. The molecule has 150 valence electrons. The molecule has 0 aliphatic carbocycles. The van der Waals surface area contributed by atoms with E-state index in [0.717, 1.165) is 30.6 Å². The van der Waals surface area contributed by atoms with E-state index in [-0.39, 0.29) is 11.3 Å². The number of aromatic nitrogens is 2. The fraction of sp³-hybridized carbons (Fsp3) is 0.292. The Morgan fingerprint density at radius 2 is 1.69 bits per heavy atom. The third-order valence-corrected chi connectivity index (χ3v) is 4.64. The highest BCUT2D eigenvalue weighted by molar-refractivity contribution is 6.03. The van der Waals surface area contributed by atoms with Gasteiger partial charge >= 0.3 is 0 Å². The molecule has 2 N–H and O–H groups in total. The molecule has 3 aromatic rings. The first-order valence-electron chi connectivity index (χ1n) is 9.95. The van der Waals surface area contributed by atoms with Crippen molar-refractivity contribution in [2.45, 2.75) is 39.0 Å². The number of nitrogens with zero attached hydrogens (tertiary/aromatic N) is 2. The van der Waals surface area contributed by atoms with Crippen molar-refractivity contribution in [2.24, 2.45) is 0 Å². The van der Waals surface area contributed by atoms with Crippen molar-refractivity contribution in [3.63, 3.8) is 0 Å². The van der Waals surface area contributed by atoms with Gasteiger partial charge < -0.3 is 10.6 Å². The second-order valence-electron chi connectivity index (χ2n) is 8.03. The minimum Gasteiger partial charge on any atom is -0.354 e. The molecule has 0 unspecified atom stereocenters. The zero-order valence-electron chi connectivity index (χ0n) is 17.3. The van der Waals surface area contributed by atoms with Gasteiger partial charge in [0, 0.05) is 18.4 Å². The number of carbonyl (C=O) groups excluding carboxylic acids is 1. The van der Waals surface area contributed by atoms with Crippen molar-refractivity contribution < 1.29 is 4.79 Å². The maximum atomic E-state index is 12.7. The molecule has 0 radical (unpaired) electrons. The summed E-state index contributed by atoms with van der Waals surface area (Å²) in [6.45, 7) is 7.12. The van der Waals surface area contributed by atoms with Gasteiger partial charge in [-0.3, -0.25) is 4.79 Å². The third kappa shape index (κ3) is 5.88. The first-order chi connectivity index (χ1) is 13.9. The Kier molecular flexibility index (Phi) is 6.60. The standard InChI is InChI=1S/C24H28N4O/c1-24(2,3)19-13-7-8-14-20(19)27-22(29)21-15-17-26-23(28-21)25-16-9-12-18-10-5-4-6-11-18/h4-8,10-11,13-15,17H,9,12,16H2,1-3H3,(H,27,29)(H,25,26,28). The van der Waals surface area contributed by atoms with E-state index in [4.69, 9.17) is 0 Å². The van der Waals surface area contributed by atoms with Gasteiger partial charge in [0.05, 0.1) is 0 Å². The fourth-order valence-corrected chi connectivity index (χ4v) is 3.14. The molecule has 5 nitrogen and oxygen atoms in total. The van der Waals surface area contributed by atoms with Gasteiger partial charge in [0.25, 0.3) is 5.91 Å². The van der Waals surface area contributed by atoms with E-state index in [0.29, 0.717) is 11.6 Å². The number of benzene rings is 2. The van der Waals surface area contributed by atoms with Crippen LogP contribution in [-0.2, 0) is 11.8 Å². The molecule has 29 heavy (non-hydrogen) atoms.